The largest absolute Gasteiger partial charge is 0.496 e. The van der Waals surface area contributed by atoms with Crippen LogP contribution in [0.25, 0.3) is 0 Å². The number of rotatable bonds is 6. The molecule has 0 unspecified atom stereocenters. The van der Waals surface area contributed by atoms with Crippen molar-refractivity contribution in [2.45, 2.75) is 45.6 Å². The van der Waals surface area contributed by atoms with Gasteiger partial charge in [0, 0.05) is 11.1 Å². The number of hydrogen-bond donors (Lipinski definition) is 1. The minimum atomic E-state index is 0.164. The van der Waals surface area contributed by atoms with Crippen molar-refractivity contribution >= 4 is 11.6 Å². The van der Waals surface area contributed by atoms with Gasteiger partial charge in [-0.2, -0.15) is 0 Å². The van der Waals surface area contributed by atoms with Crippen LogP contribution in [0, 0.1) is 0 Å². The highest BCUT2D eigenvalue weighted by Gasteiger charge is 2.11. The molecule has 0 saturated heterocycles. The molecule has 2 N–H and O–H groups in total. The maximum atomic E-state index is 6.27. The van der Waals surface area contributed by atoms with Crippen LogP contribution in [0.2, 0.25) is 5.02 Å². The van der Waals surface area contributed by atoms with E-state index in [0.29, 0.717) is 0 Å². The molecule has 1 aromatic rings. The minimum absolute atomic E-state index is 0.164. The second-order valence-corrected chi connectivity index (χ2v) is 4.79. The Bertz CT molecular complexity index is 365. The van der Waals surface area contributed by atoms with Crippen molar-refractivity contribution in [3.63, 3.8) is 0 Å². The number of benzene rings is 1. The van der Waals surface area contributed by atoms with Gasteiger partial charge in [0.15, 0.2) is 0 Å². The molecule has 0 aliphatic heterocycles. The fourth-order valence-corrected chi connectivity index (χ4v) is 2.15. The van der Waals surface area contributed by atoms with Crippen LogP contribution in [-0.4, -0.2) is 13.2 Å². The first-order valence-corrected chi connectivity index (χ1v) is 6.61. The zero-order chi connectivity index (χ0) is 12.8. The van der Waals surface area contributed by atoms with Crippen LogP contribution in [0.3, 0.4) is 0 Å². The van der Waals surface area contributed by atoms with Crippen molar-refractivity contribution in [2.75, 3.05) is 7.11 Å². The summed E-state index contributed by atoms with van der Waals surface area (Å²) in [6.45, 7) is 4.23. The topological polar surface area (TPSA) is 35.2 Å². The van der Waals surface area contributed by atoms with Gasteiger partial charge in [0.05, 0.1) is 7.11 Å². The molecule has 0 bridgehead atoms. The second-order valence-electron chi connectivity index (χ2n) is 4.38. The maximum Gasteiger partial charge on any atom is 0.122 e. The van der Waals surface area contributed by atoms with Gasteiger partial charge in [-0.05, 0) is 42.5 Å². The van der Waals surface area contributed by atoms with E-state index in [-0.39, 0.29) is 6.04 Å². The van der Waals surface area contributed by atoms with Gasteiger partial charge >= 0.3 is 0 Å². The third kappa shape index (κ3) is 3.90. The zero-order valence-corrected chi connectivity index (χ0v) is 11.7. The van der Waals surface area contributed by atoms with E-state index in [1.54, 1.807) is 7.11 Å². The van der Waals surface area contributed by atoms with Crippen molar-refractivity contribution < 1.29 is 4.74 Å². The van der Waals surface area contributed by atoms with Gasteiger partial charge in [-0.25, -0.2) is 0 Å². The number of hydrogen-bond acceptors (Lipinski definition) is 2. The van der Waals surface area contributed by atoms with Gasteiger partial charge in [0.25, 0.3) is 0 Å². The zero-order valence-electron chi connectivity index (χ0n) is 10.9. The number of ether oxygens (including phenoxy) is 1. The Kier molecular flexibility index (Phi) is 5.79. The van der Waals surface area contributed by atoms with E-state index in [0.717, 1.165) is 47.6 Å². The van der Waals surface area contributed by atoms with Crippen LogP contribution in [0.4, 0.5) is 0 Å². The molecule has 1 rings (SSSR count). The molecule has 0 radical (unpaired) electrons. The van der Waals surface area contributed by atoms with Gasteiger partial charge in [0.2, 0.25) is 0 Å². The van der Waals surface area contributed by atoms with Crippen LogP contribution in [0.5, 0.6) is 5.75 Å². The number of halogens is 1. The molecule has 17 heavy (non-hydrogen) atoms. The summed E-state index contributed by atoms with van der Waals surface area (Å²) in [5.41, 5.74) is 8.23. The number of nitrogens with two attached hydrogens (primary N) is 1. The van der Waals surface area contributed by atoms with E-state index in [1.807, 2.05) is 12.1 Å². The molecule has 1 atom stereocenters. The fraction of sp³-hybridized carbons (Fsp3) is 0.571. The molecular formula is C14H22ClNO. The molecule has 0 spiro atoms. The molecule has 2 nitrogen and oxygen atoms in total. The predicted octanol–water partition coefficient (Wildman–Crippen LogP) is 3.58. The first-order chi connectivity index (χ1) is 8.12. The third-order valence-corrected chi connectivity index (χ3v) is 3.33. The number of methoxy groups -OCH3 is 1. The molecule has 96 valence electrons. The SMILES string of the molecule is CCCc1cc(OC)c(C[C@@H](N)CC)cc1Cl. The van der Waals surface area contributed by atoms with Gasteiger partial charge in [-0.3, -0.25) is 0 Å². The van der Waals surface area contributed by atoms with Gasteiger partial charge < -0.3 is 10.5 Å². The Morgan fingerprint density at radius 2 is 2.00 bits per heavy atom. The summed E-state index contributed by atoms with van der Waals surface area (Å²) in [5, 5.41) is 0.825. The summed E-state index contributed by atoms with van der Waals surface area (Å²) in [6.07, 6.45) is 3.83. The lowest BCUT2D eigenvalue weighted by Crippen LogP contribution is -2.21. The highest BCUT2D eigenvalue weighted by Crippen LogP contribution is 2.29. The average Bonchev–Trinajstić information content (AvgIpc) is 2.32. The summed E-state index contributed by atoms with van der Waals surface area (Å²) in [5.74, 6) is 0.904. The molecule has 0 aromatic heterocycles. The summed E-state index contributed by atoms with van der Waals surface area (Å²) in [6, 6.07) is 4.21. The van der Waals surface area contributed by atoms with E-state index >= 15 is 0 Å². The van der Waals surface area contributed by atoms with Crippen molar-refractivity contribution in [2.24, 2.45) is 5.73 Å². The number of aryl methyl sites for hydroxylation is 1. The van der Waals surface area contributed by atoms with E-state index in [2.05, 4.69) is 13.8 Å². The first kappa shape index (κ1) is 14.3. The lowest BCUT2D eigenvalue weighted by molar-refractivity contribution is 0.407. The minimum Gasteiger partial charge on any atom is -0.496 e. The smallest absolute Gasteiger partial charge is 0.122 e. The predicted molar refractivity (Wildman–Crippen MR) is 74.0 cm³/mol. The summed E-state index contributed by atoms with van der Waals surface area (Å²) >= 11 is 6.27. The Hall–Kier alpha value is -0.730. The van der Waals surface area contributed by atoms with E-state index in [1.165, 1.54) is 0 Å². The van der Waals surface area contributed by atoms with E-state index in [4.69, 9.17) is 22.1 Å². The van der Waals surface area contributed by atoms with Crippen LogP contribution in [0.1, 0.15) is 37.8 Å². The quantitative estimate of drug-likeness (QED) is 0.843. The Balaban J connectivity index is 3.00. The average molecular weight is 256 g/mol. The lowest BCUT2D eigenvalue weighted by atomic mass is 10.0. The van der Waals surface area contributed by atoms with Gasteiger partial charge in [-0.15, -0.1) is 0 Å². The molecule has 0 amide bonds. The Morgan fingerprint density at radius 3 is 2.53 bits per heavy atom. The molecule has 0 fully saturated rings. The molecular weight excluding hydrogens is 234 g/mol. The molecule has 1 aromatic carbocycles. The Morgan fingerprint density at radius 1 is 1.29 bits per heavy atom. The van der Waals surface area contributed by atoms with Crippen LogP contribution >= 0.6 is 11.6 Å². The second kappa shape index (κ2) is 6.87. The molecule has 0 aliphatic carbocycles. The van der Waals surface area contributed by atoms with E-state index < -0.39 is 0 Å². The molecule has 3 heteroatoms. The van der Waals surface area contributed by atoms with Crippen LogP contribution < -0.4 is 10.5 Å². The van der Waals surface area contributed by atoms with Crippen molar-refractivity contribution in [3.8, 4) is 5.75 Å². The first-order valence-electron chi connectivity index (χ1n) is 6.23. The Labute approximate surface area is 109 Å². The standard InChI is InChI=1S/C14H22ClNO/c1-4-6-10-9-14(17-3)11(8-13(10)15)7-12(16)5-2/h8-9,12H,4-7,16H2,1-3H3/t12-/m0/s1. The third-order valence-electron chi connectivity index (χ3n) is 2.98. The lowest BCUT2D eigenvalue weighted by Gasteiger charge is -2.15. The van der Waals surface area contributed by atoms with Crippen LogP contribution in [0.15, 0.2) is 12.1 Å². The summed E-state index contributed by atoms with van der Waals surface area (Å²) in [4.78, 5) is 0. The molecule has 0 saturated carbocycles. The summed E-state index contributed by atoms with van der Waals surface area (Å²) < 4.78 is 5.42. The van der Waals surface area contributed by atoms with Gasteiger partial charge in [0.1, 0.15) is 5.75 Å². The maximum absolute atomic E-state index is 6.27. The molecule has 0 aliphatic rings. The highest BCUT2D eigenvalue weighted by atomic mass is 35.5. The van der Waals surface area contributed by atoms with Crippen molar-refractivity contribution in [3.05, 3.63) is 28.3 Å². The van der Waals surface area contributed by atoms with Crippen molar-refractivity contribution in [1.82, 2.24) is 0 Å². The fourth-order valence-electron chi connectivity index (χ4n) is 1.87. The normalized spacial score (nSPS) is 12.5. The highest BCUT2D eigenvalue weighted by molar-refractivity contribution is 6.31. The molecule has 0 heterocycles. The monoisotopic (exact) mass is 255 g/mol. The van der Waals surface area contributed by atoms with Crippen molar-refractivity contribution in [1.29, 1.82) is 0 Å². The summed E-state index contributed by atoms with van der Waals surface area (Å²) in [7, 11) is 1.69. The van der Waals surface area contributed by atoms with Gasteiger partial charge in [-0.1, -0.05) is 31.9 Å². The van der Waals surface area contributed by atoms with Crippen LogP contribution in [-0.2, 0) is 12.8 Å². The van der Waals surface area contributed by atoms with E-state index in [9.17, 15) is 0 Å².